The summed E-state index contributed by atoms with van der Waals surface area (Å²) in [6.45, 7) is 8.69. The number of epoxide rings is 1. The normalized spacial score (nSPS) is 37.5. The highest BCUT2D eigenvalue weighted by atomic mass is 35.5. The van der Waals surface area contributed by atoms with Gasteiger partial charge in [-0.15, -0.1) is 11.3 Å². The minimum atomic E-state index is -1.23. The fourth-order valence-electron chi connectivity index (χ4n) is 4.71. The first-order valence-corrected chi connectivity index (χ1v) is 13.7. The van der Waals surface area contributed by atoms with Gasteiger partial charge >= 0.3 is 0 Å². The van der Waals surface area contributed by atoms with Crippen LogP contribution in [0.3, 0.4) is 0 Å². The number of aromatic nitrogens is 1. The van der Waals surface area contributed by atoms with E-state index in [1.54, 1.807) is 26.8 Å². The zero-order valence-corrected chi connectivity index (χ0v) is 23.2. The second kappa shape index (κ2) is 11.2. The van der Waals surface area contributed by atoms with Gasteiger partial charge in [0.05, 0.1) is 40.8 Å². The van der Waals surface area contributed by atoms with Crippen molar-refractivity contribution < 1.29 is 24.5 Å². The molecule has 3 N–H and O–H groups in total. The lowest BCUT2D eigenvalue weighted by Gasteiger charge is -2.34. The van der Waals surface area contributed by atoms with E-state index in [0.717, 1.165) is 5.01 Å². The number of alkyl halides is 1. The van der Waals surface area contributed by atoms with Crippen LogP contribution in [0.25, 0.3) is 6.08 Å². The van der Waals surface area contributed by atoms with Gasteiger partial charge in [0, 0.05) is 22.8 Å². The highest BCUT2D eigenvalue weighted by Gasteiger charge is 2.55. The van der Waals surface area contributed by atoms with E-state index in [9.17, 15) is 19.8 Å². The van der Waals surface area contributed by atoms with Gasteiger partial charge in [-0.1, -0.05) is 50.9 Å². The van der Waals surface area contributed by atoms with Gasteiger partial charge in [0.15, 0.2) is 5.06 Å². The number of carbonyl (C=O) groups is 2. The van der Waals surface area contributed by atoms with Gasteiger partial charge in [-0.25, -0.2) is 4.98 Å². The number of halogens is 2. The average molecular weight is 548 g/mol. The number of hydrogen-bond donors (Lipinski definition) is 3. The highest BCUT2D eigenvalue weighted by Crippen LogP contribution is 2.48. The average Bonchev–Trinajstić information content (AvgIpc) is 3.22. The van der Waals surface area contributed by atoms with Gasteiger partial charge in [-0.05, 0) is 38.2 Å². The smallest absolute Gasteiger partial charge is 0.223 e. The second-order valence-corrected chi connectivity index (χ2v) is 12.7. The molecule has 1 aromatic heterocycles. The van der Waals surface area contributed by atoms with Crippen molar-refractivity contribution in [2.24, 2.45) is 17.3 Å². The maximum Gasteiger partial charge on any atom is 0.223 e. The Hall–Kier alpha value is -1.03. The Balaban J connectivity index is 1.85. The zero-order valence-electron chi connectivity index (χ0n) is 20.9. The molecule has 3 heterocycles. The summed E-state index contributed by atoms with van der Waals surface area (Å²) in [4.78, 5) is 30.5. The largest absolute Gasteiger partial charge is 0.392 e. The number of Topliss-reactive ketones (excluding diaryl/α,β-unsaturated/α-hetero) is 1. The van der Waals surface area contributed by atoms with Crippen molar-refractivity contribution >= 4 is 52.3 Å². The number of hydrogen-bond acceptors (Lipinski definition) is 7. The fourth-order valence-corrected chi connectivity index (χ4v) is 5.86. The van der Waals surface area contributed by atoms with Gasteiger partial charge in [0.1, 0.15) is 11.9 Å². The molecular weight excluding hydrogens is 511 g/mol. The Morgan fingerprint density at radius 3 is 2.63 bits per heavy atom. The van der Waals surface area contributed by atoms with E-state index < -0.39 is 40.6 Å². The summed E-state index contributed by atoms with van der Waals surface area (Å²) >= 11 is 14.8. The zero-order chi connectivity index (χ0) is 26.1. The molecule has 0 unspecified atom stereocenters. The number of ether oxygens (including phenoxy) is 1. The second-order valence-electron chi connectivity index (χ2n) is 10.5. The molecule has 2 fully saturated rings. The number of fused-ring (bicyclic) bond motifs is 1. The maximum absolute atomic E-state index is 13.2. The molecule has 1 aromatic rings. The predicted octanol–water partition coefficient (Wildman–Crippen LogP) is 4.40. The van der Waals surface area contributed by atoms with Crippen molar-refractivity contribution in [2.45, 2.75) is 96.1 Å². The van der Waals surface area contributed by atoms with Crippen molar-refractivity contribution in [2.75, 3.05) is 0 Å². The molecule has 2 aliphatic rings. The van der Waals surface area contributed by atoms with Crippen molar-refractivity contribution in [1.82, 2.24) is 10.3 Å². The molecule has 0 aliphatic carbocycles. The van der Waals surface area contributed by atoms with E-state index in [-0.39, 0.29) is 24.2 Å². The van der Waals surface area contributed by atoms with Crippen molar-refractivity contribution in [3.63, 3.8) is 0 Å². The summed E-state index contributed by atoms with van der Waals surface area (Å²) in [6.07, 6.45) is 1.36. The molecule has 0 aromatic carbocycles. The van der Waals surface area contributed by atoms with Gasteiger partial charge in [-0.3, -0.25) is 9.59 Å². The highest BCUT2D eigenvalue weighted by molar-refractivity contribution is 7.09. The lowest BCUT2D eigenvalue weighted by Crippen LogP contribution is -2.47. The van der Waals surface area contributed by atoms with Crippen LogP contribution in [-0.4, -0.2) is 56.3 Å². The number of aliphatic hydroxyl groups is 2. The molecule has 7 nitrogen and oxygen atoms in total. The third-order valence-corrected chi connectivity index (χ3v) is 9.02. The Morgan fingerprint density at radius 2 is 2.00 bits per heavy atom. The molecule has 7 atom stereocenters. The van der Waals surface area contributed by atoms with E-state index in [2.05, 4.69) is 10.3 Å². The first kappa shape index (κ1) is 28.5. The summed E-state index contributed by atoms with van der Waals surface area (Å²) in [5.74, 6) is -1.55. The summed E-state index contributed by atoms with van der Waals surface area (Å²) in [5, 5.41) is 26.8. The lowest BCUT2D eigenvalue weighted by molar-refractivity contribution is -0.143. The van der Waals surface area contributed by atoms with E-state index >= 15 is 0 Å². The van der Waals surface area contributed by atoms with Crippen LogP contribution in [0.5, 0.6) is 0 Å². The van der Waals surface area contributed by atoms with Crippen LogP contribution in [0, 0.1) is 24.2 Å². The van der Waals surface area contributed by atoms with E-state index in [0.29, 0.717) is 36.4 Å². The summed E-state index contributed by atoms with van der Waals surface area (Å²) in [7, 11) is 0. The molecule has 0 saturated carbocycles. The molecule has 1 amide bonds. The van der Waals surface area contributed by atoms with Gasteiger partial charge in [0.2, 0.25) is 5.91 Å². The topological polar surface area (TPSA) is 112 Å². The monoisotopic (exact) mass is 546 g/mol. The summed E-state index contributed by atoms with van der Waals surface area (Å²) in [6, 6.07) is -0.588. The number of nitrogens with one attached hydrogen (secondary N) is 1. The third-order valence-electron chi connectivity index (χ3n) is 7.34. The van der Waals surface area contributed by atoms with Gasteiger partial charge < -0.3 is 20.3 Å². The van der Waals surface area contributed by atoms with E-state index in [4.69, 9.17) is 27.9 Å². The molecule has 0 spiro atoms. The molecule has 2 saturated heterocycles. The Morgan fingerprint density at radius 1 is 1.31 bits per heavy atom. The lowest BCUT2D eigenvalue weighted by atomic mass is 9.73. The fraction of sp³-hybridized carbons (Fsp3) is 0.720. The van der Waals surface area contributed by atoms with Crippen molar-refractivity contribution in [1.29, 1.82) is 0 Å². The number of thiazole rings is 1. The quantitative estimate of drug-likeness (QED) is 0.374. The first-order chi connectivity index (χ1) is 16.2. The maximum atomic E-state index is 13.2. The third kappa shape index (κ3) is 6.84. The van der Waals surface area contributed by atoms with Crippen LogP contribution in [-0.2, 0) is 14.3 Å². The Labute approximate surface area is 221 Å². The molecule has 0 bridgehead atoms. The Bertz CT molecular complexity index is 967. The van der Waals surface area contributed by atoms with Crippen LogP contribution in [0.15, 0.2) is 10.4 Å². The van der Waals surface area contributed by atoms with E-state index in [1.807, 2.05) is 19.2 Å². The van der Waals surface area contributed by atoms with Gasteiger partial charge in [-0.2, -0.15) is 0 Å². The number of carbonyl (C=O) groups excluding carboxylic acids is 2. The SMILES string of the molecule is Cc1nc(C=C(Cl)[C@@H]2C[C@@H]3O[C@]3(Cl)CCC[C@H](C)[C@H](O)[C@@H](C)C(=O)C(C)(C)[C@@H](O)CC(=O)N2)cs1. The van der Waals surface area contributed by atoms with Gasteiger partial charge in [0.25, 0.3) is 0 Å². The van der Waals surface area contributed by atoms with Crippen LogP contribution in [0.4, 0.5) is 0 Å². The number of amides is 1. The van der Waals surface area contributed by atoms with Crippen LogP contribution in [0.2, 0.25) is 0 Å². The molecule has 0 radical (unpaired) electrons. The minimum Gasteiger partial charge on any atom is -0.392 e. The number of aliphatic hydroxyl groups excluding tert-OH is 2. The summed E-state index contributed by atoms with van der Waals surface area (Å²) < 4.78 is 5.80. The summed E-state index contributed by atoms with van der Waals surface area (Å²) in [5.41, 5.74) is -0.520. The van der Waals surface area contributed by atoms with Crippen LogP contribution in [0.1, 0.15) is 70.5 Å². The molecule has 3 rings (SSSR count). The van der Waals surface area contributed by atoms with Crippen LogP contribution >= 0.6 is 34.5 Å². The molecular formula is C25H36Cl2N2O5S. The minimum absolute atomic E-state index is 0.137. The standard InChI is InChI=1S/C25H36Cl2N2O5S/c1-13-7-6-8-25(27)20(34-25)10-18(17(26)9-16-12-35-15(3)28-16)29-21(31)11-19(30)24(4,5)23(33)14(2)22(13)32/h9,12-14,18-20,22,30,32H,6-8,10-11H2,1-5H3,(H,29,31)/t13-,14+,18-,19-,20-,22-,25+/m0/s1. The predicted molar refractivity (Wildman–Crippen MR) is 138 cm³/mol. The van der Waals surface area contributed by atoms with Crippen LogP contribution < -0.4 is 5.32 Å². The first-order valence-electron chi connectivity index (χ1n) is 12.1. The molecule has 2 aliphatic heterocycles. The van der Waals surface area contributed by atoms with Crippen molar-refractivity contribution in [3.05, 3.63) is 21.1 Å². The van der Waals surface area contributed by atoms with E-state index in [1.165, 1.54) is 11.3 Å². The number of aryl methyl sites for hydroxylation is 1. The molecule has 10 heteroatoms. The number of nitrogens with zero attached hydrogens (tertiary/aromatic N) is 1. The number of rotatable bonds is 2. The number of ketones is 1. The molecule has 35 heavy (non-hydrogen) atoms. The van der Waals surface area contributed by atoms with Crippen molar-refractivity contribution in [3.8, 4) is 0 Å². The Kier molecular flexibility index (Phi) is 9.09. The molecule has 196 valence electrons.